The molecule has 1 heterocycles. The second kappa shape index (κ2) is 15.8. The minimum absolute atomic E-state index is 0. The van der Waals surface area contributed by atoms with Crippen LogP contribution in [-0.2, 0) is 16.0 Å². The van der Waals surface area contributed by atoms with Crippen molar-refractivity contribution in [1.29, 1.82) is 0 Å². The zero-order valence-electron chi connectivity index (χ0n) is 17.1. The van der Waals surface area contributed by atoms with Gasteiger partial charge >= 0.3 is 0 Å². The lowest BCUT2D eigenvalue weighted by atomic mass is 10.2. The van der Waals surface area contributed by atoms with Gasteiger partial charge in [-0.05, 0) is 36.8 Å². The van der Waals surface area contributed by atoms with Gasteiger partial charge in [0.2, 0.25) is 5.88 Å². The number of aliphatic imine (C=N–C) groups is 1. The Hall–Kier alpha value is -1.13. The number of nitrogens with zero attached hydrogens (tertiary/aromatic N) is 2. The fourth-order valence-corrected chi connectivity index (χ4v) is 2.34. The van der Waals surface area contributed by atoms with Crippen molar-refractivity contribution in [3.8, 4) is 5.88 Å². The van der Waals surface area contributed by atoms with Crippen LogP contribution in [0.4, 0.5) is 0 Å². The summed E-state index contributed by atoms with van der Waals surface area (Å²) in [5, 5.41) is 6.53. The molecule has 7 nitrogen and oxygen atoms in total. The molecule has 0 spiro atoms. The third kappa shape index (κ3) is 11.7. The van der Waals surface area contributed by atoms with Crippen molar-refractivity contribution < 1.29 is 14.2 Å². The summed E-state index contributed by atoms with van der Waals surface area (Å²) >= 11 is 0. The fraction of sp³-hybridized carbons (Fsp3) is 0.700. The molecule has 0 radical (unpaired) electrons. The van der Waals surface area contributed by atoms with E-state index in [2.05, 4.69) is 27.5 Å². The molecule has 1 aliphatic carbocycles. The van der Waals surface area contributed by atoms with E-state index >= 15 is 0 Å². The number of ether oxygens (including phenoxy) is 3. The Morgan fingerprint density at radius 2 is 1.96 bits per heavy atom. The Balaban J connectivity index is 0.00000392. The van der Waals surface area contributed by atoms with Gasteiger partial charge in [-0.1, -0.05) is 13.3 Å². The molecule has 2 rings (SSSR count). The van der Waals surface area contributed by atoms with Crippen molar-refractivity contribution in [2.75, 3.05) is 46.6 Å². The highest BCUT2D eigenvalue weighted by molar-refractivity contribution is 14.0. The maximum absolute atomic E-state index is 5.73. The lowest BCUT2D eigenvalue weighted by molar-refractivity contribution is 0.0487. The standard InChI is InChI=1S/C20H34N4O3.HI/c1-3-4-10-25-12-13-26-11-9-23-20(21-2)24-15-18-7-8-22-19(14-18)27-16-17-5-6-17;/h7-8,14,17H,3-6,9-13,15-16H2,1-2H3,(H2,21,23,24);1H. The number of hydrogen-bond donors (Lipinski definition) is 2. The quantitative estimate of drug-likeness (QED) is 0.175. The lowest BCUT2D eigenvalue weighted by Gasteiger charge is -2.13. The summed E-state index contributed by atoms with van der Waals surface area (Å²) in [6.07, 6.45) is 6.60. The summed E-state index contributed by atoms with van der Waals surface area (Å²) in [6.45, 7) is 7.00. The molecule has 1 aromatic rings. The van der Waals surface area contributed by atoms with E-state index in [1.165, 1.54) is 12.8 Å². The van der Waals surface area contributed by atoms with E-state index in [1.54, 1.807) is 13.2 Å². The number of rotatable bonds is 14. The number of hydrogen-bond acceptors (Lipinski definition) is 5. The van der Waals surface area contributed by atoms with Crippen LogP contribution in [0.2, 0.25) is 0 Å². The maximum atomic E-state index is 5.73. The van der Waals surface area contributed by atoms with E-state index in [-0.39, 0.29) is 24.0 Å². The van der Waals surface area contributed by atoms with E-state index < -0.39 is 0 Å². The Kier molecular flexibility index (Phi) is 14.0. The van der Waals surface area contributed by atoms with Crippen molar-refractivity contribution in [2.24, 2.45) is 10.9 Å². The van der Waals surface area contributed by atoms with E-state index in [0.717, 1.165) is 43.5 Å². The molecule has 1 fully saturated rings. The van der Waals surface area contributed by atoms with Crippen LogP contribution < -0.4 is 15.4 Å². The molecule has 8 heteroatoms. The summed E-state index contributed by atoms with van der Waals surface area (Å²) in [6, 6.07) is 3.95. The average Bonchev–Trinajstić information content (AvgIpc) is 3.52. The number of unbranched alkanes of at least 4 members (excludes halogenated alkanes) is 1. The zero-order valence-corrected chi connectivity index (χ0v) is 19.4. The van der Waals surface area contributed by atoms with Gasteiger partial charge in [0.25, 0.3) is 0 Å². The predicted molar refractivity (Wildman–Crippen MR) is 123 cm³/mol. The highest BCUT2D eigenvalue weighted by Crippen LogP contribution is 2.29. The second-order valence-electron chi connectivity index (χ2n) is 6.69. The van der Waals surface area contributed by atoms with Crippen LogP contribution in [0.15, 0.2) is 23.3 Å². The third-order valence-electron chi connectivity index (χ3n) is 4.20. The van der Waals surface area contributed by atoms with Gasteiger partial charge in [0.05, 0.1) is 26.4 Å². The van der Waals surface area contributed by atoms with E-state index in [4.69, 9.17) is 14.2 Å². The second-order valence-corrected chi connectivity index (χ2v) is 6.69. The fourth-order valence-electron chi connectivity index (χ4n) is 2.34. The van der Waals surface area contributed by atoms with Gasteiger partial charge in [0.1, 0.15) is 0 Å². The summed E-state index contributed by atoms with van der Waals surface area (Å²) < 4.78 is 16.7. The summed E-state index contributed by atoms with van der Waals surface area (Å²) in [5.41, 5.74) is 1.11. The number of pyridine rings is 1. The maximum Gasteiger partial charge on any atom is 0.213 e. The van der Waals surface area contributed by atoms with E-state index in [0.29, 0.717) is 38.8 Å². The van der Waals surface area contributed by atoms with Gasteiger partial charge in [0.15, 0.2) is 5.96 Å². The van der Waals surface area contributed by atoms with Gasteiger partial charge in [-0.15, -0.1) is 24.0 Å². The number of nitrogens with one attached hydrogen (secondary N) is 2. The van der Waals surface area contributed by atoms with Crippen LogP contribution in [0.1, 0.15) is 38.2 Å². The Morgan fingerprint density at radius 1 is 1.18 bits per heavy atom. The SMILES string of the molecule is CCCCOCCOCCNC(=NC)NCc1ccnc(OCC2CC2)c1.I. The molecule has 160 valence electrons. The van der Waals surface area contributed by atoms with Gasteiger partial charge in [-0.3, -0.25) is 4.99 Å². The molecular formula is C20H35IN4O3. The molecule has 1 saturated carbocycles. The first-order chi connectivity index (χ1) is 13.3. The smallest absolute Gasteiger partial charge is 0.213 e. The number of halogens is 1. The number of guanidine groups is 1. The largest absolute Gasteiger partial charge is 0.477 e. The summed E-state index contributed by atoms with van der Waals surface area (Å²) in [7, 11) is 1.76. The summed E-state index contributed by atoms with van der Waals surface area (Å²) in [5.74, 6) is 2.16. The van der Waals surface area contributed by atoms with Gasteiger partial charge in [-0.2, -0.15) is 0 Å². The van der Waals surface area contributed by atoms with Crippen molar-refractivity contribution in [2.45, 2.75) is 39.2 Å². The van der Waals surface area contributed by atoms with Crippen molar-refractivity contribution in [3.05, 3.63) is 23.9 Å². The monoisotopic (exact) mass is 506 g/mol. The molecule has 0 amide bonds. The van der Waals surface area contributed by atoms with Crippen molar-refractivity contribution in [1.82, 2.24) is 15.6 Å². The van der Waals surface area contributed by atoms with Crippen LogP contribution in [0.25, 0.3) is 0 Å². The molecule has 2 N–H and O–H groups in total. The third-order valence-corrected chi connectivity index (χ3v) is 4.20. The minimum atomic E-state index is 0. The van der Waals surface area contributed by atoms with Crippen LogP contribution in [0, 0.1) is 5.92 Å². The highest BCUT2D eigenvalue weighted by atomic mass is 127. The molecule has 0 atom stereocenters. The molecule has 0 aromatic carbocycles. The Labute approximate surface area is 186 Å². The van der Waals surface area contributed by atoms with Gasteiger partial charge in [0, 0.05) is 39.0 Å². The average molecular weight is 506 g/mol. The molecule has 28 heavy (non-hydrogen) atoms. The Morgan fingerprint density at radius 3 is 2.68 bits per heavy atom. The topological polar surface area (TPSA) is 77.0 Å². The van der Waals surface area contributed by atoms with E-state index in [1.807, 2.05) is 12.1 Å². The molecule has 1 aromatic heterocycles. The van der Waals surface area contributed by atoms with Crippen molar-refractivity contribution >= 4 is 29.9 Å². The molecule has 0 bridgehead atoms. The summed E-state index contributed by atoms with van der Waals surface area (Å²) in [4.78, 5) is 8.49. The molecular weight excluding hydrogens is 471 g/mol. The van der Waals surface area contributed by atoms with Crippen LogP contribution >= 0.6 is 24.0 Å². The van der Waals surface area contributed by atoms with Gasteiger partial charge < -0.3 is 24.8 Å². The van der Waals surface area contributed by atoms with E-state index in [9.17, 15) is 0 Å². The molecule has 0 aliphatic heterocycles. The molecule has 0 saturated heterocycles. The first kappa shape index (κ1) is 24.9. The van der Waals surface area contributed by atoms with Crippen molar-refractivity contribution in [3.63, 3.8) is 0 Å². The van der Waals surface area contributed by atoms with Crippen LogP contribution in [0.3, 0.4) is 0 Å². The predicted octanol–water partition coefficient (Wildman–Crippen LogP) is 2.99. The zero-order chi connectivity index (χ0) is 19.2. The normalized spacial score (nSPS) is 13.7. The lowest BCUT2D eigenvalue weighted by Crippen LogP contribution is -2.38. The first-order valence-electron chi connectivity index (χ1n) is 9.99. The molecule has 1 aliphatic rings. The number of aromatic nitrogens is 1. The highest BCUT2D eigenvalue weighted by Gasteiger charge is 2.22. The minimum Gasteiger partial charge on any atom is -0.477 e. The van der Waals surface area contributed by atoms with Gasteiger partial charge in [-0.25, -0.2) is 4.98 Å². The first-order valence-corrected chi connectivity index (χ1v) is 9.99. The van der Waals surface area contributed by atoms with Crippen LogP contribution in [0.5, 0.6) is 5.88 Å². The Bertz CT molecular complexity index is 556. The molecule has 0 unspecified atom stereocenters. The van der Waals surface area contributed by atoms with Crippen LogP contribution in [-0.4, -0.2) is 57.6 Å².